The lowest BCUT2D eigenvalue weighted by Crippen LogP contribution is -2.44. The average molecular weight is 606 g/mol. The third-order valence-corrected chi connectivity index (χ3v) is 9.33. The molecule has 0 saturated carbocycles. The number of rotatable bonds is 10. The zero-order valence-corrected chi connectivity index (χ0v) is 26.3. The van der Waals surface area contributed by atoms with Crippen LogP contribution in [0.15, 0.2) is 51.6 Å². The second-order valence-corrected chi connectivity index (χ2v) is 13.3. The molecule has 238 valence electrons. The molecule has 0 fully saturated rings. The number of amides is 2. The number of allylic oxidation sites excluding steroid dienone is 5. The number of hydrogen-bond donors (Lipinski definition) is 2. The van der Waals surface area contributed by atoms with Crippen LogP contribution < -0.4 is 5.32 Å². The van der Waals surface area contributed by atoms with Crippen LogP contribution in [-0.2, 0) is 14.4 Å². The highest BCUT2D eigenvalue weighted by Gasteiger charge is 2.42. The predicted octanol–water partition coefficient (Wildman–Crippen LogP) is 6.78. The maximum Gasteiger partial charge on any atom is 0.416 e. The zero-order chi connectivity index (χ0) is 32.3. The van der Waals surface area contributed by atoms with Crippen LogP contribution in [0, 0.1) is 23.2 Å². The van der Waals surface area contributed by atoms with Crippen LogP contribution in [0.3, 0.4) is 0 Å². The van der Waals surface area contributed by atoms with Crippen LogP contribution in [-0.4, -0.2) is 58.4 Å². The van der Waals surface area contributed by atoms with E-state index >= 15 is 0 Å². The Morgan fingerprint density at radius 1 is 1.16 bits per heavy atom. The van der Waals surface area contributed by atoms with E-state index in [-0.39, 0.29) is 54.2 Å². The molecule has 7 nitrogen and oxygen atoms in total. The summed E-state index contributed by atoms with van der Waals surface area (Å²) in [7, 11) is 0. The summed E-state index contributed by atoms with van der Waals surface area (Å²) in [5.74, 6) is -1.42. The van der Waals surface area contributed by atoms with Crippen molar-refractivity contribution in [1.29, 1.82) is 0 Å². The fraction of sp³-hybridized carbons (Fsp3) is 0.636. The number of aliphatic imine (C=N–C) groups is 1. The minimum Gasteiger partial charge on any atom is -0.481 e. The van der Waals surface area contributed by atoms with Gasteiger partial charge in [-0.3, -0.25) is 19.4 Å². The van der Waals surface area contributed by atoms with Crippen LogP contribution in [0.25, 0.3) is 0 Å². The van der Waals surface area contributed by atoms with Gasteiger partial charge in [0.25, 0.3) is 5.91 Å². The van der Waals surface area contributed by atoms with Crippen molar-refractivity contribution in [3.8, 4) is 0 Å². The Balaban J connectivity index is 1.93. The van der Waals surface area contributed by atoms with Crippen molar-refractivity contribution in [3.63, 3.8) is 0 Å². The SMILES string of the molecule is CC1CC(C(C)N2C(=O)C(C3=CC(C(F)(F)F)=CCC3)=NC2CCC(C)C(C)(C)C)=CC=C(C(=O)NCCC(=O)O)[C@H]1C. The zero-order valence-electron chi connectivity index (χ0n) is 26.3. The molecule has 3 rings (SSSR count). The molecule has 5 atom stereocenters. The number of nitrogens with one attached hydrogen (secondary N) is 1. The summed E-state index contributed by atoms with van der Waals surface area (Å²) >= 11 is 0. The van der Waals surface area contributed by atoms with Crippen LogP contribution >= 0.6 is 0 Å². The lowest BCUT2D eigenvalue weighted by Gasteiger charge is -2.34. The van der Waals surface area contributed by atoms with E-state index < -0.39 is 29.9 Å². The molecule has 10 heteroatoms. The molecular weight excluding hydrogens is 559 g/mol. The molecule has 0 spiro atoms. The van der Waals surface area contributed by atoms with Crippen molar-refractivity contribution < 1.29 is 32.7 Å². The van der Waals surface area contributed by atoms with E-state index in [2.05, 4.69) is 33.0 Å². The Morgan fingerprint density at radius 3 is 2.44 bits per heavy atom. The molecule has 0 aromatic carbocycles. The summed E-state index contributed by atoms with van der Waals surface area (Å²) in [6, 6.07) is -0.397. The second kappa shape index (κ2) is 13.6. The summed E-state index contributed by atoms with van der Waals surface area (Å²) in [6.45, 7) is 14.6. The van der Waals surface area contributed by atoms with Gasteiger partial charge in [-0.2, -0.15) is 13.2 Å². The van der Waals surface area contributed by atoms with Gasteiger partial charge in [0.2, 0.25) is 5.91 Å². The summed E-state index contributed by atoms with van der Waals surface area (Å²) < 4.78 is 40.6. The Hall–Kier alpha value is -3.17. The Kier molecular flexibility index (Phi) is 10.9. The summed E-state index contributed by atoms with van der Waals surface area (Å²) in [5.41, 5.74) is 1.20. The molecule has 1 heterocycles. The normalized spacial score (nSPS) is 24.7. The maximum absolute atomic E-state index is 14.0. The molecular formula is C33H46F3N3O4. The molecule has 0 aromatic rings. The fourth-order valence-electron chi connectivity index (χ4n) is 5.73. The van der Waals surface area contributed by atoms with Crippen molar-refractivity contribution in [3.05, 3.63) is 46.6 Å². The van der Waals surface area contributed by atoms with E-state index in [0.29, 0.717) is 36.3 Å². The van der Waals surface area contributed by atoms with Crippen molar-refractivity contribution in [2.75, 3.05) is 6.54 Å². The molecule has 0 radical (unpaired) electrons. The van der Waals surface area contributed by atoms with Gasteiger partial charge in [0, 0.05) is 12.1 Å². The topological polar surface area (TPSA) is 99.1 Å². The van der Waals surface area contributed by atoms with E-state index in [1.165, 1.54) is 0 Å². The van der Waals surface area contributed by atoms with E-state index in [4.69, 9.17) is 10.1 Å². The molecule has 3 aliphatic rings. The first-order valence-corrected chi connectivity index (χ1v) is 15.2. The van der Waals surface area contributed by atoms with Gasteiger partial charge in [-0.1, -0.05) is 59.8 Å². The molecule has 1 aliphatic heterocycles. The van der Waals surface area contributed by atoms with E-state index in [1.807, 2.05) is 26.8 Å². The highest BCUT2D eigenvalue weighted by Crippen LogP contribution is 2.38. The summed E-state index contributed by atoms with van der Waals surface area (Å²) in [6.07, 6.45) is 3.15. The van der Waals surface area contributed by atoms with Crippen LogP contribution in [0.4, 0.5) is 13.2 Å². The first kappa shape index (κ1) is 34.3. The van der Waals surface area contributed by atoms with Crippen LogP contribution in [0.5, 0.6) is 0 Å². The van der Waals surface area contributed by atoms with Crippen molar-refractivity contribution in [2.24, 2.45) is 28.2 Å². The molecule has 2 N–H and O–H groups in total. The molecule has 0 saturated heterocycles. The number of halogens is 3. The van der Waals surface area contributed by atoms with Gasteiger partial charge in [0.05, 0.1) is 18.0 Å². The van der Waals surface area contributed by atoms with E-state index in [0.717, 1.165) is 24.1 Å². The van der Waals surface area contributed by atoms with Gasteiger partial charge < -0.3 is 15.3 Å². The molecule has 43 heavy (non-hydrogen) atoms. The highest BCUT2D eigenvalue weighted by molar-refractivity contribution is 6.46. The first-order valence-electron chi connectivity index (χ1n) is 15.2. The maximum atomic E-state index is 14.0. The van der Waals surface area contributed by atoms with Gasteiger partial charge >= 0.3 is 12.1 Å². The van der Waals surface area contributed by atoms with Crippen molar-refractivity contribution in [1.82, 2.24) is 10.2 Å². The van der Waals surface area contributed by atoms with Crippen molar-refractivity contribution in [2.45, 2.75) is 105 Å². The third-order valence-electron chi connectivity index (χ3n) is 9.33. The Labute approximate surface area is 253 Å². The average Bonchev–Trinajstić information content (AvgIpc) is 3.16. The number of alkyl halides is 3. The fourth-order valence-corrected chi connectivity index (χ4v) is 5.73. The molecule has 0 bridgehead atoms. The minimum atomic E-state index is -4.50. The van der Waals surface area contributed by atoms with Crippen molar-refractivity contribution >= 4 is 23.5 Å². The van der Waals surface area contributed by atoms with E-state index in [1.54, 1.807) is 11.0 Å². The molecule has 2 amide bonds. The first-order chi connectivity index (χ1) is 19.9. The number of carbonyl (C=O) groups is 3. The molecule has 4 unspecified atom stereocenters. The molecule has 0 aromatic heterocycles. The lowest BCUT2D eigenvalue weighted by atomic mass is 9.79. The minimum absolute atomic E-state index is 0.0255. The third kappa shape index (κ3) is 8.48. The number of carboxylic acids is 1. The predicted molar refractivity (Wildman–Crippen MR) is 161 cm³/mol. The second-order valence-electron chi connectivity index (χ2n) is 13.3. The van der Waals surface area contributed by atoms with Gasteiger partial charge in [0.15, 0.2) is 0 Å². The van der Waals surface area contributed by atoms with E-state index in [9.17, 15) is 27.6 Å². The van der Waals surface area contributed by atoms with Crippen LogP contribution in [0.2, 0.25) is 0 Å². The van der Waals surface area contributed by atoms with Gasteiger partial charge in [-0.15, -0.1) is 0 Å². The van der Waals surface area contributed by atoms with Gasteiger partial charge in [-0.25, -0.2) is 0 Å². The quantitative estimate of drug-likeness (QED) is 0.287. The number of aliphatic carboxylic acids is 1. The number of carboxylic acid groups (broad SMARTS) is 1. The summed E-state index contributed by atoms with van der Waals surface area (Å²) in [4.78, 5) is 44.2. The van der Waals surface area contributed by atoms with Gasteiger partial charge in [-0.05, 0) is 79.4 Å². The standard InChI is InChI=1S/C33H46F3N3O4/c1-19-17-23(12-13-26(21(19)3)30(42)37-16-15-28(40)41)22(4)39-27(14-11-20(2)32(5,6)7)38-29(31(39)43)24-9-8-10-25(18-24)33(34,35)36/h10,12-13,18-22,27H,8-9,11,14-17H2,1-7H3,(H,37,42)(H,40,41)/t19?,20?,21-,22?,27?/m0/s1. The Bertz CT molecular complexity index is 1250. The van der Waals surface area contributed by atoms with Gasteiger partial charge in [0.1, 0.15) is 11.9 Å². The highest BCUT2D eigenvalue weighted by atomic mass is 19.4. The Morgan fingerprint density at radius 2 is 1.84 bits per heavy atom. The monoisotopic (exact) mass is 605 g/mol. The number of carbonyl (C=O) groups excluding carboxylic acids is 2. The lowest BCUT2D eigenvalue weighted by molar-refractivity contribution is -0.137. The largest absolute Gasteiger partial charge is 0.481 e. The summed E-state index contributed by atoms with van der Waals surface area (Å²) in [5, 5.41) is 11.6. The smallest absolute Gasteiger partial charge is 0.416 e. The number of hydrogen-bond acceptors (Lipinski definition) is 4. The number of nitrogens with zero attached hydrogens (tertiary/aromatic N) is 2. The molecule has 2 aliphatic carbocycles. The van der Waals surface area contributed by atoms with Crippen LogP contribution in [0.1, 0.15) is 87.0 Å².